The first-order valence-electron chi connectivity index (χ1n) is 6.72. The topological polar surface area (TPSA) is 57.6 Å². The molecule has 0 bridgehead atoms. The molecule has 0 saturated heterocycles. The number of carbonyl (C=O) groups excluding carboxylic acids is 1. The molecule has 1 aliphatic carbocycles. The Balaban J connectivity index is 2.29. The molecule has 1 aromatic rings. The quantitative estimate of drug-likeness (QED) is 0.927. The van der Waals surface area contributed by atoms with Crippen molar-refractivity contribution in [2.45, 2.75) is 32.6 Å². The summed E-state index contributed by atoms with van der Waals surface area (Å²) in [5.41, 5.74) is 0.129. The fraction of sp³-hybridized carbons (Fsp3) is 0.467. The molecule has 1 amide bonds. The van der Waals surface area contributed by atoms with E-state index in [9.17, 15) is 9.59 Å². The van der Waals surface area contributed by atoms with Gasteiger partial charge >= 0.3 is 5.97 Å². The van der Waals surface area contributed by atoms with Crippen molar-refractivity contribution in [3.8, 4) is 0 Å². The maximum atomic E-state index is 12.7. The van der Waals surface area contributed by atoms with Crippen molar-refractivity contribution >= 4 is 29.2 Å². The number of aliphatic carboxylic acids is 1. The Hall–Kier alpha value is -1.55. The molecule has 5 heteroatoms. The van der Waals surface area contributed by atoms with E-state index in [1.54, 1.807) is 24.3 Å². The van der Waals surface area contributed by atoms with Gasteiger partial charge in [0.2, 0.25) is 5.91 Å². The molecule has 0 atom stereocenters. The van der Waals surface area contributed by atoms with Gasteiger partial charge in [-0.3, -0.25) is 9.59 Å². The van der Waals surface area contributed by atoms with E-state index in [1.165, 1.54) is 4.90 Å². The molecular weight excluding hydrogens is 278 g/mol. The Morgan fingerprint density at radius 1 is 1.25 bits per heavy atom. The largest absolute Gasteiger partial charge is 0.480 e. The number of hydrogen-bond donors (Lipinski definition) is 1. The van der Waals surface area contributed by atoms with Crippen molar-refractivity contribution in [2.24, 2.45) is 5.41 Å². The van der Waals surface area contributed by atoms with Crippen LogP contribution in [-0.2, 0) is 9.59 Å². The van der Waals surface area contributed by atoms with Crippen LogP contribution in [0.5, 0.6) is 0 Å². The molecule has 0 unspecified atom stereocenters. The lowest BCUT2D eigenvalue weighted by molar-refractivity contribution is -0.137. The normalized spacial score (nSPS) is 16.9. The highest BCUT2D eigenvalue weighted by Gasteiger charge is 2.40. The number of anilines is 1. The minimum Gasteiger partial charge on any atom is -0.480 e. The van der Waals surface area contributed by atoms with Crippen LogP contribution in [0.3, 0.4) is 0 Å². The summed E-state index contributed by atoms with van der Waals surface area (Å²) >= 11 is 5.84. The number of amides is 1. The molecular formula is C15H18ClNO3. The summed E-state index contributed by atoms with van der Waals surface area (Å²) in [6.07, 6.45) is 3.67. The fourth-order valence-corrected chi connectivity index (χ4v) is 2.86. The SMILES string of the molecule is CC1(C(=O)N(CC(=O)O)c2ccc(Cl)cc2)CCCC1. The first-order valence-corrected chi connectivity index (χ1v) is 7.09. The number of halogens is 1. The minimum atomic E-state index is -1.02. The lowest BCUT2D eigenvalue weighted by Crippen LogP contribution is -2.44. The van der Waals surface area contributed by atoms with Gasteiger partial charge in [0.25, 0.3) is 0 Å². The molecule has 0 radical (unpaired) electrons. The number of hydrogen-bond acceptors (Lipinski definition) is 2. The molecule has 1 aliphatic rings. The second-order valence-electron chi connectivity index (χ2n) is 5.53. The zero-order valence-corrected chi connectivity index (χ0v) is 12.2. The van der Waals surface area contributed by atoms with Crippen LogP contribution >= 0.6 is 11.6 Å². The summed E-state index contributed by atoms with van der Waals surface area (Å²) in [6.45, 7) is 1.60. The highest BCUT2D eigenvalue weighted by Crippen LogP contribution is 2.40. The summed E-state index contributed by atoms with van der Waals surface area (Å²) in [5.74, 6) is -1.13. The lowest BCUT2D eigenvalue weighted by Gasteiger charge is -2.30. The van der Waals surface area contributed by atoms with E-state index in [0.717, 1.165) is 25.7 Å². The van der Waals surface area contributed by atoms with E-state index >= 15 is 0 Å². The third-order valence-electron chi connectivity index (χ3n) is 3.90. The van der Waals surface area contributed by atoms with Gasteiger partial charge in [-0.25, -0.2) is 0 Å². The summed E-state index contributed by atoms with van der Waals surface area (Å²) < 4.78 is 0. The maximum absolute atomic E-state index is 12.7. The van der Waals surface area contributed by atoms with Gasteiger partial charge in [0.1, 0.15) is 6.54 Å². The van der Waals surface area contributed by atoms with Crippen LogP contribution in [0, 0.1) is 5.41 Å². The summed E-state index contributed by atoms with van der Waals surface area (Å²) in [4.78, 5) is 25.1. The van der Waals surface area contributed by atoms with Gasteiger partial charge in [-0.15, -0.1) is 0 Å². The highest BCUT2D eigenvalue weighted by atomic mass is 35.5. The van der Waals surface area contributed by atoms with E-state index in [1.807, 2.05) is 6.92 Å². The molecule has 1 aromatic carbocycles. The van der Waals surface area contributed by atoms with Gasteiger partial charge < -0.3 is 10.0 Å². The van der Waals surface area contributed by atoms with Crippen LogP contribution in [0.25, 0.3) is 0 Å². The molecule has 2 rings (SSSR count). The smallest absolute Gasteiger partial charge is 0.323 e. The van der Waals surface area contributed by atoms with Gasteiger partial charge in [0, 0.05) is 16.1 Å². The van der Waals surface area contributed by atoms with Crippen molar-refractivity contribution < 1.29 is 14.7 Å². The van der Waals surface area contributed by atoms with E-state index in [2.05, 4.69) is 0 Å². The number of benzene rings is 1. The maximum Gasteiger partial charge on any atom is 0.323 e. The van der Waals surface area contributed by atoms with Crippen LogP contribution < -0.4 is 4.90 Å². The first kappa shape index (κ1) is 14.9. The van der Waals surface area contributed by atoms with Gasteiger partial charge in [-0.2, -0.15) is 0 Å². The standard InChI is InChI=1S/C15H18ClNO3/c1-15(8-2-3-9-15)14(20)17(10-13(18)19)12-6-4-11(16)5-7-12/h4-7H,2-3,8-10H2,1H3,(H,18,19). The molecule has 0 heterocycles. The van der Waals surface area contributed by atoms with E-state index in [4.69, 9.17) is 16.7 Å². The Labute approximate surface area is 123 Å². The van der Waals surface area contributed by atoms with Crippen LogP contribution in [0.2, 0.25) is 5.02 Å². The average molecular weight is 296 g/mol. The number of nitrogens with zero attached hydrogens (tertiary/aromatic N) is 1. The van der Waals surface area contributed by atoms with E-state index < -0.39 is 11.4 Å². The Kier molecular flexibility index (Phi) is 4.33. The van der Waals surface area contributed by atoms with Crippen molar-refractivity contribution in [1.29, 1.82) is 0 Å². The number of rotatable bonds is 4. The Morgan fingerprint density at radius 3 is 2.30 bits per heavy atom. The lowest BCUT2D eigenvalue weighted by atomic mass is 9.87. The predicted molar refractivity (Wildman–Crippen MR) is 78.0 cm³/mol. The second kappa shape index (κ2) is 5.83. The van der Waals surface area contributed by atoms with Gasteiger partial charge in [-0.1, -0.05) is 31.4 Å². The fourth-order valence-electron chi connectivity index (χ4n) is 2.73. The van der Waals surface area contributed by atoms with E-state index in [-0.39, 0.29) is 12.5 Å². The number of carboxylic acid groups (broad SMARTS) is 1. The van der Waals surface area contributed by atoms with Gasteiger partial charge in [0.15, 0.2) is 0 Å². The summed E-state index contributed by atoms with van der Waals surface area (Å²) in [7, 11) is 0. The van der Waals surface area contributed by atoms with Crippen molar-refractivity contribution in [3.05, 3.63) is 29.3 Å². The van der Waals surface area contributed by atoms with Crippen LogP contribution in [0.1, 0.15) is 32.6 Å². The molecule has 1 N–H and O–H groups in total. The zero-order valence-electron chi connectivity index (χ0n) is 11.4. The molecule has 1 saturated carbocycles. The third kappa shape index (κ3) is 3.12. The molecule has 0 spiro atoms. The molecule has 108 valence electrons. The Bertz CT molecular complexity index is 506. The van der Waals surface area contributed by atoms with Crippen molar-refractivity contribution in [3.63, 3.8) is 0 Å². The van der Waals surface area contributed by atoms with Crippen molar-refractivity contribution in [2.75, 3.05) is 11.4 Å². The Morgan fingerprint density at radius 2 is 1.80 bits per heavy atom. The minimum absolute atomic E-state index is 0.111. The summed E-state index contributed by atoms with van der Waals surface area (Å²) in [5, 5.41) is 9.61. The first-order chi connectivity index (χ1) is 9.42. The monoisotopic (exact) mass is 295 g/mol. The number of carbonyl (C=O) groups is 2. The highest BCUT2D eigenvalue weighted by molar-refractivity contribution is 6.30. The summed E-state index contributed by atoms with van der Waals surface area (Å²) in [6, 6.07) is 6.69. The molecule has 4 nitrogen and oxygen atoms in total. The molecule has 1 fully saturated rings. The molecule has 20 heavy (non-hydrogen) atoms. The number of carboxylic acids is 1. The predicted octanol–water partition coefficient (Wildman–Crippen LogP) is 3.34. The van der Waals surface area contributed by atoms with Crippen molar-refractivity contribution in [1.82, 2.24) is 0 Å². The van der Waals surface area contributed by atoms with Gasteiger partial charge in [0.05, 0.1) is 0 Å². The van der Waals surface area contributed by atoms with Crippen LogP contribution in [0.4, 0.5) is 5.69 Å². The molecule has 0 aromatic heterocycles. The average Bonchev–Trinajstić information content (AvgIpc) is 2.84. The molecule has 0 aliphatic heterocycles. The van der Waals surface area contributed by atoms with Crippen LogP contribution in [0.15, 0.2) is 24.3 Å². The second-order valence-corrected chi connectivity index (χ2v) is 5.97. The van der Waals surface area contributed by atoms with Gasteiger partial charge in [-0.05, 0) is 37.1 Å². The zero-order chi connectivity index (χ0) is 14.8. The van der Waals surface area contributed by atoms with E-state index in [0.29, 0.717) is 10.7 Å². The third-order valence-corrected chi connectivity index (χ3v) is 4.15. The van der Waals surface area contributed by atoms with Crippen LogP contribution in [-0.4, -0.2) is 23.5 Å².